The van der Waals surface area contributed by atoms with Crippen LogP contribution in [0.4, 0.5) is 0 Å². The quantitative estimate of drug-likeness (QED) is 0.830. The summed E-state index contributed by atoms with van der Waals surface area (Å²) in [6.07, 6.45) is 11.9. The van der Waals surface area contributed by atoms with E-state index in [1.54, 1.807) is 0 Å². The minimum atomic E-state index is 0.595. The highest BCUT2D eigenvalue weighted by molar-refractivity contribution is 5.22. The van der Waals surface area contributed by atoms with Gasteiger partial charge in [0.05, 0.1) is 12.0 Å². The minimum Gasteiger partial charge on any atom is -0.348 e. The summed E-state index contributed by atoms with van der Waals surface area (Å²) in [4.78, 5) is 12.2. The highest BCUT2D eigenvalue weighted by Gasteiger charge is 2.24. The molecule has 4 heteroatoms. The van der Waals surface area contributed by atoms with Gasteiger partial charge < -0.3 is 10.3 Å². The summed E-state index contributed by atoms with van der Waals surface area (Å²) in [5.41, 5.74) is 5.35. The standard InChI is InChI=1S/C17H22N4/c1-2-12-3-4-13(5-7-15(12)18-9-1)21-14-6-8-16-17(10-14)20-11-19-16/h1-2,9,11,13-14,21H,3-8,10H2,(H,19,20). The number of nitrogens with zero attached hydrogens (tertiary/aromatic N) is 2. The van der Waals surface area contributed by atoms with Crippen molar-refractivity contribution in [1.29, 1.82) is 0 Å². The zero-order valence-corrected chi connectivity index (χ0v) is 12.3. The Balaban J connectivity index is 1.39. The fourth-order valence-corrected chi connectivity index (χ4v) is 3.75. The normalized spacial score (nSPS) is 25.0. The largest absolute Gasteiger partial charge is 0.348 e. The van der Waals surface area contributed by atoms with Crippen LogP contribution in [0, 0.1) is 0 Å². The molecule has 2 unspecified atom stereocenters. The first-order valence-electron chi connectivity index (χ1n) is 8.08. The van der Waals surface area contributed by atoms with Crippen LogP contribution in [0.15, 0.2) is 24.7 Å². The third-order valence-electron chi connectivity index (χ3n) is 4.94. The molecule has 21 heavy (non-hydrogen) atoms. The Labute approximate surface area is 125 Å². The average Bonchev–Trinajstić information content (AvgIpc) is 2.89. The molecule has 0 saturated heterocycles. The van der Waals surface area contributed by atoms with Crippen molar-refractivity contribution < 1.29 is 0 Å². The van der Waals surface area contributed by atoms with Gasteiger partial charge in [0.15, 0.2) is 0 Å². The lowest BCUT2D eigenvalue weighted by atomic mass is 9.94. The summed E-state index contributed by atoms with van der Waals surface area (Å²) >= 11 is 0. The molecular weight excluding hydrogens is 260 g/mol. The second kappa shape index (κ2) is 5.60. The maximum absolute atomic E-state index is 4.54. The van der Waals surface area contributed by atoms with Crippen LogP contribution < -0.4 is 5.32 Å². The minimum absolute atomic E-state index is 0.595. The highest BCUT2D eigenvalue weighted by atomic mass is 15.0. The third-order valence-corrected chi connectivity index (χ3v) is 4.94. The maximum Gasteiger partial charge on any atom is 0.0925 e. The molecule has 2 aliphatic rings. The summed E-state index contributed by atoms with van der Waals surface area (Å²) in [6.45, 7) is 0. The van der Waals surface area contributed by atoms with E-state index in [-0.39, 0.29) is 0 Å². The van der Waals surface area contributed by atoms with E-state index >= 15 is 0 Å². The first-order valence-corrected chi connectivity index (χ1v) is 8.08. The molecule has 0 aromatic carbocycles. The van der Waals surface area contributed by atoms with Gasteiger partial charge in [0.1, 0.15) is 0 Å². The molecular formula is C17H22N4. The molecule has 0 fully saturated rings. The van der Waals surface area contributed by atoms with Crippen molar-refractivity contribution in [2.24, 2.45) is 0 Å². The average molecular weight is 282 g/mol. The topological polar surface area (TPSA) is 53.6 Å². The Morgan fingerprint density at radius 2 is 1.86 bits per heavy atom. The molecule has 2 atom stereocenters. The van der Waals surface area contributed by atoms with Crippen molar-refractivity contribution in [2.75, 3.05) is 0 Å². The molecule has 2 aromatic heterocycles. The molecule has 4 rings (SSSR count). The Bertz CT molecular complexity index is 592. The fourth-order valence-electron chi connectivity index (χ4n) is 3.75. The number of hydrogen-bond acceptors (Lipinski definition) is 3. The van der Waals surface area contributed by atoms with Crippen molar-refractivity contribution in [2.45, 2.75) is 57.0 Å². The SMILES string of the molecule is c1cnc2c(c1)CCC(NC1CCc3nc[nH]c3C1)CC2. The van der Waals surface area contributed by atoms with Crippen LogP contribution in [0.3, 0.4) is 0 Å². The molecule has 110 valence electrons. The van der Waals surface area contributed by atoms with E-state index in [1.807, 2.05) is 12.5 Å². The number of H-pyrrole nitrogens is 1. The molecule has 2 aliphatic carbocycles. The molecule has 2 N–H and O–H groups in total. The van der Waals surface area contributed by atoms with Gasteiger partial charge in [-0.2, -0.15) is 0 Å². The van der Waals surface area contributed by atoms with Gasteiger partial charge in [-0.05, 0) is 50.2 Å². The van der Waals surface area contributed by atoms with Gasteiger partial charge in [-0.1, -0.05) is 6.07 Å². The van der Waals surface area contributed by atoms with Crippen LogP contribution in [0.25, 0.3) is 0 Å². The van der Waals surface area contributed by atoms with Crippen LogP contribution in [0.1, 0.15) is 41.9 Å². The van der Waals surface area contributed by atoms with Gasteiger partial charge in [-0.25, -0.2) is 4.98 Å². The zero-order chi connectivity index (χ0) is 14.1. The lowest BCUT2D eigenvalue weighted by Crippen LogP contribution is -2.41. The molecule has 0 spiro atoms. The first-order chi connectivity index (χ1) is 10.4. The predicted molar refractivity (Wildman–Crippen MR) is 82.2 cm³/mol. The number of fused-ring (bicyclic) bond motifs is 2. The number of imidazole rings is 1. The van der Waals surface area contributed by atoms with Gasteiger partial charge in [0.2, 0.25) is 0 Å². The number of aromatic nitrogens is 3. The number of pyridine rings is 1. The monoisotopic (exact) mass is 282 g/mol. The van der Waals surface area contributed by atoms with Gasteiger partial charge in [0, 0.05) is 36.1 Å². The zero-order valence-electron chi connectivity index (χ0n) is 12.3. The van der Waals surface area contributed by atoms with E-state index in [0.717, 1.165) is 25.7 Å². The van der Waals surface area contributed by atoms with E-state index in [9.17, 15) is 0 Å². The Kier molecular flexibility index (Phi) is 3.47. The number of nitrogens with one attached hydrogen (secondary N) is 2. The molecule has 0 bridgehead atoms. The van der Waals surface area contributed by atoms with Crippen LogP contribution in [0.5, 0.6) is 0 Å². The maximum atomic E-state index is 4.54. The molecule has 2 heterocycles. The molecule has 0 saturated carbocycles. The van der Waals surface area contributed by atoms with Gasteiger partial charge in [-0.3, -0.25) is 4.98 Å². The highest BCUT2D eigenvalue weighted by Crippen LogP contribution is 2.22. The number of hydrogen-bond donors (Lipinski definition) is 2. The van der Waals surface area contributed by atoms with Crippen molar-refractivity contribution >= 4 is 0 Å². The Morgan fingerprint density at radius 1 is 1.00 bits per heavy atom. The van der Waals surface area contributed by atoms with Crippen LogP contribution >= 0.6 is 0 Å². The molecule has 2 aromatic rings. The summed E-state index contributed by atoms with van der Waals surface area (Å²) in [6, 6.07) is 5.51. The van der Waals surface area contributed by atoms with Crippen molar-refractivity contribution in [3.05, 3.63) is 47.3 Å². The van der Waals surface area contributed by atoms with Crippen LogP contribution in [0.2, 0.25) is 0 Å². The first kappa shape index (κ1) is 13.0. The van der Waals surface area contributed by atoms with Gasteiger partial charge in [0.25, 0.3) is 0 Å². The number of rotatable bonds is 2. The molecule has 0 amide bonds. The van der Waals surface area contributed by atoms with E-state index in [4.69, 9.17) is 0 Å². The number of aryl methyl sites for hydroxylation is 3. The van der Waals surface area contributed by atoms with Crippen LogP contribution in [-0.4, -0.2) is 27.0 Å². The smallest absolute Gasteiger partial charge is 0.0925 e. The van der Waals surface area contributed by atoms with E-state index in [1.165, 1.54) is 41.9 Å². The molecule has 0 radical (unpaired) electrons. The molecule has 4 nitrogen and oxygen atoms in total. The van der Waals surface area contributed by atoms with E-state index in [0.29, 0.717) is 12.1 Å². The third kappa shape index (κ3) is 2.72. The summed E-state index contributed by atoms with van der Waals surface area (Å²) in [5, 5.41) is 3.89. The fraction of sp³-hybridized carbons (Fsp3) is 0.529. The van der Waals surface area contributed by atoms with E-state index in [2.05, 4.69) is 32.4 Å². The Morgan fingerprint density at radius 3 is 2.86 bits per heavy atom. The summed E-state index contributed by atoms with van der Waals surface area (Å²) < 4.78 is 0. The van der Waals surface area contributed by atoms with Crippen molar-refractivity contribution in [3.63, 3.8) is 0 Å². The summed E-state index contributed by atoms with van der Waals surface area (Å²) in [5.74, 6) is 0. The van der Waals surface area contributed by atoms with E-state index < -0.39 is 0 Å². The summed E-state index contributed by atoms with van der Waals surface area (Å²) in [7, 11) is 0. The van der Waals surface area contributed by atoms with Gasteiger partial charge in [-0.15, -0.1) is 0 Å². The van der Waals surface area contributed by atoms with Gasteiger partial charge >= 0.3 is 0 Å². The predicted octanol–water partition coefficient (Wildman–Crippen LogP) is 2.20. The van der Waals surface area contributed by atoms with Crippen molar-refractivity contribution in [1.82, 2.24) is 20.3 Å². The lowest BCUT2D eigenvalue weighted by Gasteiger charge is -2.27. The van der Waals surface area contributed by atoms with Crippen molar-refractivity contribution in [3.8, 4) is 0 Å². The number of aromatic amines is 1. The second-order valence-corrected chi connectivity index (χ2v) is 6.32. The second-order valence-electron chi connectivity index (χ2n) is 6.32. The lowest BCUT2D eigenvalue weighted by molar-refractivity contribution is 0.365. The Hall–Kier alpha value is -1.68. The molecule has 0 aliphatic heterocycles. The van der Waals surface area contributed by atoms with Crippen LogP contribution in [-0.2, 0) is 25.7 Å².